The van der Waals surface area contributed by atoms with Crippen LogP contribution in [0.2, 0.25) is 0 Å². The number of nitrogens with zero attached hydrogens (tertiary/aromatic N) is 2. The quantitative estimate of drug-likeness (QED) is 0.116. The summed E-state index contributed by atoms with van der Waals surface area (Å²) in [5.74, 6) is -0.282. The molecular formula is C22H25N5O9. The second-order valence-electron chi connectivity index (χ2n) is 7.35. The van der Waals surface area contributed by atoms with Crippen LogP contribution >= 0.6 is 0 Å². The molecule has 0 saturated carbocycles. The van der Waals surface area contributed by atoms with Gasteiger partial charge in [-0.05, 0) is 37.6 Å². The van der Waals surface area contributed by atoms with Gasteiger partial charge in [-0.3, -0.25) is 15.5 Å². The van der Waals surface area contributed by atoms with Gasteiger partial charge in [-0.1, -0.05) is 6.07 Å². The second kappa shape index (κ2) is 11.7. The van der Waals surface area contributed by atoms with Gasteiger partial charge in [0.05, 0.1) is 37.6 Å². The van der Waals surface area contributed by atoms with Crippen LogP contribution in [0.4, 0.5) is 10.7 Å². The van der Waals surface area contributed by atoms with E-state index in [2.05, 4.69) is 21.2 Å². The van der Waals surface area contributed by atoms with Crippen LogP contribution < -0.4 is 25.5 Å². The van der Waals surface area contributed by atoms with Gasteiger partial charge in [-0.15, -0.1) is 0 Å². The van der Waals surface area contributed by atoms with Crippen LogP contribution in [0.1, 0.15) is 31.2 Å². The molecular weight excluding hydrogens is 478 g/mol. The minimum atomic E-state index is -1.24. The maximum absolute atomic E-state index is 12.3. The lowest BCUT2D eigenvalue weighted by atomic mass is 9.95. The number of hydrazone groups is 1. The summed E-state index contributed by atoms with van der Waals surface area (Å²) in [5.41, 5.74) is 3.57. The first-order chi connectivity index (χ1) is 17.2. The SMILES string of the molecule is CCOc1cc([C@H]2NC(=O)NC(C)=C2C(=O)OC)ccc1OC[C@H](O)N/N=C\c1ccc([N+](=O)[O-])o1. The molecule has 2 atom stereocenters. The molecule has 0 saturated heterocycles. The number of benzene rings is 1. The molecule has 1 aromatic heterocycles. The third-order valence-corrected chi connectivity index (χ3v) is 4.88. The standard InChI is InChI=1S/C22H25N5O9/c1-4-34-16-9-13(20-19(21(29)33-3)12(2)24-22(30)25-20)5-7-15(16)35-11-17(28)26-23-10-14-6-8-18(36-14)27(31)32/h5-10,17,20,26,28H,4,11H2,1-3H3,(H2,24,25,30)/b23-10-/t17-,20+/m0/s1. The number of urea groups is 1. The Morgan fingerprint density at radius 3 is 2.78 bits per heavy atom. The number of nitrogens with one attached hydrogen (secondary N) is 3. The van der Waals surface area contributed by atoms with Gasteiger partial charge >= 0.3 is 17.9 Å². The Bertz CT molecular complexity index is 1190. The van der Waals surface area contributed by atoms with E-state index in [-0.39, 0.29) is 17.9 Å². The number of carbonyl (C=O) groups excluding carboxylic acids is 2. The molecule has 0 radical (unpaired) electrons. The number of furan rings is 1. The lowest BCUT2D eigenvalue weighted by Gasteiger charge is -2.28. The van der Waals surface area contributed by atoms with E-state index in [0.29, 0.717) is 29.4 Å². The molecule has 2 amide bonds. The zero-order chi connectivity index (χ0) is 26.2. The van der Waals surface area contributed by atoms with E-state index in [4.69, 9.17) is 18.6 Å². The fourth-order valence-electron chi connectivity index (χ4n) is 3.32. The molecule has 3 rings (SSSR count). The summed E-state index contributed by atoms with van der Waals surface area (Å²) in [6, 6.07) is 6.13. The number of hydrogen-bond acceptors (Lipinski definition) is 11. The third-order valence-electron chi connectivity index (χ3n) is 4.88. The molecule has 0 spiro atoms. The topological polar surface area (TPSA) is 187 Å². The van der Waals surface area contributed by atoms with Crippen molar-refractivity contribution in [2.75, 3.05) is 20.3 Å². The number of carbonyl (C=O) groups is 2. The first kappa shape index (κ1) is 26.0. The molecule has 2 aromatic rings. The fraction of sp³-hybridized carbons (Fsp3) is 0.318. The van der Waals surface area contributed by atoms with Gasteiger partial charge in [-0.2, -0.15) is 5.10 Å². The van der Waals surface area contributed by atoms with Gasteiger partial charge in [0.15, 0.2) is 23.5 Å². The summed E-state index contributed by atoms with van der Waals surface area (Å²) in [7, 11) is 1.25. The highest BCUT2D eigenvalue weighted by molar-refractivity contribution is 5.95. The van der Waals surface area contributed by atoms with E-state index in [1.807, 2.05) is 0 Å². The Morgan fingerprint density at radius 1 is 1.33 bits per heavy atom. The Kier molecular flexibility index (Phi) is 8.46. The summed E-state index contributed by atoms with van der Waals surface area (Å²) in [6.45, 7) is 3.45. The van der Waals surface area contributed by atoms with Crippen molar-refractivity contribution in [3.63, 3.8) is 0 Å². The van der Waals surface area contributed by atoms with Crippen LogP contribution in [0, 0.1) is 10.1 Å². The maximum atomic E-state index is 12.3. The van der Waals surface area contributed by atoms with Crippen LogP contribution in [0.5, 0.6) is 11.5 Å². The Balaban J connectivity index is 1.69. The lowest BCUT2D eigenvalue weighted by molar-refractivity contribution is -0.402. The average Bonchev–Trinajstić information content (AvgIpc) is 3.32. The molecule has 14 nitrogen and oxygen atoms in total. The van der Waals surface area contributed by atoms with Crippen LogP contribution in [-0.2, 0) is 9.53 Å². The molecule has 36 heavy (non-hydrogen) atoms. The number of hydrogen-bond donors (Lipinski definition) is 4. The number of methoxy groups -OCH3 is 1. The number of aliphatic hydroxyl groups is 1. The summed E-state index contributed by atoms with van der Waals surface area (Å²) in [6.07, 6.45) is -0.0705. The molecule has 1 aliphatic rings. The molecule has 2 heterocycles. The minimum absolute atomic E-state index is 0.122. The van der Waals surface area contributed by atoms with Crippen molar-refractivity contribution in [3.8, 4) is 11.5 Å². The largest absolute Gasteiger partial charge is 0.490 e. The van der Waals surface area contributed by atoms with Crippen LogP contribution in [0.15, 0.2) is 51.1 Å². The Morgan fingerprint density at radius 2 is 2.11 bits per heavy atom. The predicted molar refractivity (Wildman–Crippen MR) is 124 cm³/mol. The Labute approximate surface area is 205 Å². The molecule has 0 unspecified atom stereocenters. The number of amides is 2. The lowest BCUT2D eigenvalue weighted by Crippen LogP contribution is -2.45. The zero-order valence-corrected chi connectivity index (χ0v) is 19.6. The van der Waals surface area contributed by atoms with E-state index < -0.39 is 35.1 Å². The smallest absolute Gasteiger partial charge is 0.433 e. The summed E-state index contributed by atoms with van der Waals surface area (Å²) in [5, 5.41) is 29.7. The van der Waals surface area contributed by atoms with Gasteiger partial charge in [0.25, 0.3) is 0 Å². The van der Waals surface area contributed by atoms with Crippen molar-refractivity contribution in [2.45, 2.75) is 26.1 Å². The second-order valence-corrected chi connectivity index (χ2v) is 7.35. The number of allylic oxidation sites excluding steroid dienone is 1. The van der Waals surface area contributed by atoms with Gasteiger partial charge in [0.1, 0.15) is 11.5 Å². The van der Waals surface area contributed by atoms with Crippen molar-refractivity contribution in [3.05, 3.63) is 63.0 Å². The minimum Gasteiger partial charge on any atom is -0.490 e. The normalized spacial score (nSPS) is 16.2. The van der Waals surface area contributed by atoms with E-state index in [9.17, 15) is 24.8 Å². The van der Waals surface area contributed by atoms with E-state index in [1.165, 1.54) is 25.5 Å². The van der Waals surface area contributed by atoms with E-state index >= 15 is 0 Å². The third kappa shape index (κ3) is 6.29. The molecule has 0 bridgehead atoms. The van der Waals surface area contributed by atoms with Crippen LogP contribution in [-0.4, -0.2) is 54.8 Å². The van der Waals surface area contributed by atoms with Gasteiger partial charge in [0.2, 0.25) is 0 Å². The van der Waals surface area contributed by atoms with Crippen molar-refractivity contribution in [2.24, 2.45) is 5.10 Å². The summed E-state index contributed by atoms with van der Waals surface area (Å²) in [4.78, 5) is 34.3. The highest BCUT2D eigenvalue weighted by atomic mass is 16.6. The monoisotopic (exact) mass is 503 g/mol. The summed E-state index contributed by atoms with van der Waals surface area (Å²) < 4.78 is 21.1. The van der Waals surface area contributed by atoms with Crippen LogP contribution in [0.3, 0.4) is 0 Å². The fourth-order valence-corrected chi connectivity index (χ4v) is 3.32. The number of nitro groups is 1. The van der Waals surface area contributed by atoms with Gasteiger partial charge in [-0.25, -0.2) is 9.59 Å². The Hall–Kier alpha value is -4.59. The first-order valence-corrected chi connectivity index (χ1v) is 10.7. The number of aliphatic hydroxyl groups excluding tert-OH is 1. The molecule has 1 aliphatic heterocycles. The van der Waals surface area contributed by atoms with Crippen molar-refractivity contribution in [1.29, 1.82) is 0 Å². The van der Waals surface area contributed by atoms with Crippen molar-refractivity contribution >= 4 is 24.1 Å². The van der Waals surface area contributed by atoms with E-state index in [1.54, 1.807) is 32.0 Å². The average molecular weight is 503 g/mol. The maximum Gasteiger partial charge on any atom is 0.433 e. The van der Waals surface area contributed by atoms with Crippen LogP contribution in [0.25, 0.3) is 0 Å². The van der Waals surface area contributed by atoms with Crippen molar-refractivity contribution in [1.82, 2.24) is 16.1 Å². The highest BCUT2D eigenvalue weighted by Crippen LogP contribution is 2.34. The molecule has 0 fully saturated rings. The zero-order valence-electron chi connectivity index (χ0n) is 19.6. The first-order valence-electron chi connectivity index (χ1n) is 10.7. The molecule has 14 heteroatoms. The predicted octanol–water partition coefficient (Wildman–Crippen LogP) is 1.71. The van der Waals surface area contributed by atoms with Gasteiger partial charge < -0.3 is 34.4 Å². The van der Waals surface area contributed by atoms with E-state index in [0.717, 1.165) is 0 Å². The number of ether oxygens (including phenoxy) is 3. The molecule has 4 N–H and O–H groups in total. The summed E-state index contributed by atoms with van der Waals surface area (Å²) >= 11 is 0. The highest BCUT2D eigenvalue weighted by Gasteiger charge is 2.32. The number of esters is 1. The molecule has 1 aromatic carbocycles. The molecule has 192 valence electrons. The van der Waals surface area contributed by atoms with Crippen molar-refractivity contribution < 1.29 is 38.2 Å². The molecule has 0 aliphatic carbocycles. The van der Waals surface area contributed by atoms with Gasteiger partial charge in [0, 0.05) is 5.70 Å². The number of rotatable bonds is 11.